The van der Waals surface area contributed by atoms with Gasteiger partial charge in [0, 0.05) is 24.4 Å². The first kappa shape index (κ1) is 12.9. The molecule has 6 heteroatoms. The Morgan fingerprint density at radius 2 is 2.28 bits per heavy atom. The summed E-state index contributed by atoms with van der Waals surface area (Å²) in [4.78, 5) is 14.7. The van der Waals surface area contributed by atoms with Crippen LogP contribution in [0.4, 0.5) is 11.4 Å². The Bertz CT molecular complexity index is 451. The zero-order chi connectivity index (χ0) is 13.1. The molecule has 2 rings (SSSR count). The van der Waals surface area contributed by atoms with E-state index in [1.807, 2.05) is 6.07 Å². The van der Waals surface area contributed by atoms with Gasteiger partial charge in [0.05, 0.1) is 4.92 Å². The molecular weight excluding hydrogens is 229 g/mol. The van der Waals surface area contributed by atoms with E-state index in [2.05, 4.69) is 31.2 Å². The second kappa shape index (κ2) is 5.39. The van der Waals surface area contributed by atoms with Crippen LogP contribution in [0.5, 0.6) is 0 Å². The van der Waals surface area contributed by atoms with Crippen molar-refractivity contribution in [3.63, 3.8) is 0 Å². The van der Waals surface area contributed by atoms with Crippen molar-refractivity contribution in [3.8, 4) is 0 Å². The number of hydrogen-bond donors (Lipinski definition) is 0. The number of rotatable bonds is 5. The number of hydrogen-bond acceptors (Lipinski definition) is 4. The van der Waals surface area contributed by atoms with Gasteiger partial charge in [0.1, 0.15) is 0 Å². The molecule has 0 bridgehead atoms. The molecule has 0 unspecified atom stereocenters. The summed E-state index contributed by atoms with van der Waals surface area (Å²) in [5.41, 5.74) is 2.37. The second-order valence-electron chi connectivity index (χ2n) is 4.79. The van der Waals surface area contributed by atoms with Crippen molar-refractivity contribution in [2.45, 2.75) is 12.7 Å². The van der Waals surface area contributed by atoms with Crippen molar-refractivity contribution in [2.24, 2.45) is 0 Å². The predicted octanol–water partition coefficient (Wildman–Crippen LogP) is 1.56. The molecule has 0 N–H and O–H groups in total. The number of nitro benzene ring substituents is 1. The quantitative estimate of drug-likeness (QED) is 0.449. The molecule has 0 fully saturated rings. The van der Waals surface area contributed by atoms with Gasteiger partial charge in [-0.25, -0.2) is 0 Å². The van der Waals surface area contributed by atoms with Crippen molar-refractivity contribution >= 4 is 18.8 Å². The molecule has 18 heavy (non-hydrogen) atoms. The van der Waals surface area contributed by atoms with Gasteiger partial charge >= 0.3 is 0 Å². The summed E-state index contributed by atoms with van der Waals surface area (Å²) in [5, 5.41) is 10.7. The Morgan fingerprint density at radius 1 is 1.50 bits per heavy atom. The van der Waals surface area contributed by atoms with Crippen LogP contribution in [0.25, 0.3) is 0 Å². The van der Waals surface area contributed by atoms with Crippen LogP contribution < -0.4 is 4.81 Å². The first-order valence-corrected chi connectivity index (χ1v) is 6.10. The Kier molecular flexibility index (Phi) is 3.86. The summed E-state index contributed by atoms with van der Waals surface area (Å²) >= 11 is 0. The molecule has 0 amide bonds. The summed E-state index contributed by atoms with van der Waals surface area (Å²) in [7, 11) is 6.28. The molecule has 0 aliphatic carbocycles. The fraction of sp³-hybridized carbons (Fsp3) is 0.500. The molecule has 1 aliphatic rings. The highest BCUT2D eigenvalue weighted by atomic mass is 16.6. The van der Waals surface area contributed by atoms with E-state index < -0.39 is 0 Å². The van der Waals surface area contributed by atoms with E-state index in [4.69, 9.17) is 0 Å². The molecule has 0 atom stereocenters. The number of benzene rings is 1. The Hall–Kier alpha value is -1.56. The lowest BCUT2D eigenvalue weighted by atomic mass is 9.85. The van der Waals surface area contributed by atoms with Gasteiger partial charge in [0.15, 0.2) is 0 Å². The van der Waals surface area contributed by atoms with Gasteiger partial charge in [-0.05, 0) is 45.0 Å². The first-order chi connectivity index (χ1) is 8.58. The van der Waals surface area contributed by atoms with Gasteiger partial charge < -0.3 is 9.71 Å². The number of fused-ring (bicyclic) bond motifs is 1. The third-order valence-corrected chi connectivity index (χ3v) is 3.13. The standard InChI is InChI=1S/C12H17BN3O2/c1-14(2)8-6-13-15-7-5-10-9-11(16(17)18)3-4-12(10)15/h3-4,9H,5-8H2,1-2H3. The van der Waals surface area contributed by atoms with E-state index in [0.717, 1.165) is 37.1 Å². The minimum absolute atomic E-state index is 0.184. The topological polar surface area (TPSA) is 49.6 Å². The summed E-state index contributed by atoms with van der Waals surface area (Å²) < 4.78 is 0. The number of nitrogens with zero attached hydrogens (tertiary/aromatic N) is 3. The third kappa shape index (κ3) is 2.82. The van der Waals surface area contributed by atoms with E-state index in [0.29, 0.717) is 0 Å². The van der Waals surface area contributed by atoms with E-state index in [1.165, 1.54) is 0 Å². The average Bonchev–Trinajstić information content (AvgIpc) is 2.71. The van der Waals surface area contributed by atoms with Crippen LogP contribution in [0.1, 0.15) is 5.56 Å². The van der Waals surface area contributed by atoms with E-state index in [1.54, 1.807) is 12.1 Å². The van der Waals surface area contributed by atoms with Gasteiger partial charge in [0.2, 0.25) is 7.41 Å². The second-order valence-corrected chi connectivity index (χ2v) is 4.79. The molecule has 0 aromatic heterocycles. The summed E-state index contributed by atoms with van der Waals surface area (Å²) in [6, 6.07) is 5.12. The minimum Gasteiger partial charge on any atom is -0.418 e. The zero-order valence-corrected chi connectivity index (χ0v) is 10.8. The van der Waals surface area contributed by atoms with Crippen molar-refractivity contribution in [2.75, 3.05) is 32.0 Å². The lowest BCUT2D eigenvalue weighted by Crippen LogP contribution is -2.28. The maximum atomic E-state index is 10.7. The van der Waals surface area contributed by atoms with Crippen molar-refractivity contribution in [3.05, 3.63) is 33.9 Å². The van der Waals surface area contributed by atoms with Crippen molar-refractivity contribution < 1.29 is 4.92 Å². The van der Waals surface area contributed by atoms with Crippen LogP contribution in [-0.2, 0) is 6.42 Å². The van der Waals surface area contributed by atoms with Gasteiger partial charge in [-0.1, -0.05) is 0 Å². The highest BCUT2D eigenvalue weighted by Gasteiger charge is 2.21. The first-order valence-electron chi connectivity index (χ1n) is 6.10. The third-order valence-electron chi connectivity index (χ3n) is 3.13. The molecular formula is C12H17BN3O2. The van der Waals surface area contributed by atoms with Crippen LogP contribution >= 0.6 is 0 Å². The lowest BCUT2D eigenvalue weighted by molar-refractivity contribution is -0.384. The summed E-state index contributed by atoms with van der Waals surface area (Å²) in [6.07, 6.45) is 1.87. The van der Waals surface area contributed by atoms with Crippen LogP contribution in [0.15, 0.2) is 18.2 Å². The van der Waals surface area contributed by atoms with Crippen LogP contribution in [0.2, 0.25) is 6.32 Å². The smallest absolute Gasteiger partial charge is 0.269 e. The normalized spacial score (nSPS) is 13.8. The molecule has 0 spiro atoms. The van der Waals surface area contributed by atoms with Gasteiger partial charge in [-0.2, -0.15) is 0 Å². The molecule has 1 radical (unpaired) electrons. The highest BCUT2D eigenvalue weighted by molar-refractivity contribution is 6.42. The molecule has 1 aromatic carbocycles. The van der Waals surface area contributed by atoms with Crippen molar-refractivity contribution in [1.82, 2.24) is 4.90 Å². The minimum atomic E-state index is -0.335. The number of non-ortho nitro benzene ring substituents is 1. The number of anilines is 1. The molecule has 95 valence electrons. The highest BCUT2D eigenvalue weighted by Crippen LogP contribution is 2.30. The fourth-order valence-corrected chi connectivity index (χ4v) is 2.19. The molecule has 1 heterocycles. The molecule has 1 aliphatic heterocycles. The van der Waals surface area contributed by atoms with E-state index in [-0.39, 0.29) is 10.6 Å². The van der Waals surface area contributed by atoms with Crippen LogP contribution in [0, 0.1) is 10.1 Å². The Labute approximate surface area is 108 Å². The maximum Gasteiger partial charge on any atom is 0.269 e. The Morgan fingerprint density at radius 3 is 2.94 bits per heavy atom. The number of nitro groups is 1. The molecule has 5 nitrogen and oxygen atoms in total. The van der Waals surface area contributed by atoms with E-state index in [9.17, 15) is 10.1 Å². The van der Waals surface area contributed by atoms with Crippen molar-refractivity contribution in [1.29, 1.82) is 0 Å². The lowest BCUT2D eigenvalue weighted by Gasteiger charge is -2.19. The zero-order valence-electron chi connectivity index (χ0n) is 10.8. The maximum absolute atomic E-state index is 10.7. The predicted molar refractivity (Wildman–Crippen MR) is 73.3 cm³/mol. The van der Waals surface area contributed by atoms with Gasteiger partial charge in [-0.3, -0.25) is 10.1 Å². The van der Waals surface area contributed by atoms with E-state index >= 15 is 0 Å². The van der Waals surface area contributed by atoms with Gasteiger partial charge in [-0.15, -0.1) is 0 Å². The largest absolute Gasteiger partial charge is 0.418 e. The molecule has 0 saturated carbocycles. The van der Waals surface area contributed by atoms with Crippen LogP contribution in [0.3, 0.4) is 0 Å². The monoisotopic (exact) mass is 246 g/mol. The van der Waals surface area contributed by atoms with Crippen LogP contribution in [-0.4, -0.2) is 44.4 Å². The molecule has 1 aromatic rings. The summed E-state index contributed by atoms with van der Waals surface area (Å²) in [6.45, 7) is 1.93. The average molecular weight is 246 g/mol. The molecule has 0 saturated heterocycles. The Balaban J connectivity index is 2.02. The SMILES string of the molecule is CN(C)CC[B]N1CCc2cc([N+](=O)[O-])ccc21. The van der Waals surface area contributed by atoms with Gasteiger partial charge in [0.25, 0.3) is 5.69 Å². The fourth-order valence-electron chi connectivity index (χ4n) is 2.19. The summed E-state index contributed by atoms with van der Waals surface area (Å²) in [5.74, 6) is 0.